The van der Waals surface area contributed by atoms with Crippen molar-refractivity contribution in [2.75, 3.05) is 11.1 Å². The normalized spacial score (nSPS) is 10.9. The quantitative estimate of drug-likeness (QED) is 0.421. The third-order valence-electron chi connectivity index (χ3n) is 4.33. The van der Waals surface area contributed by atoms with Crippen molar-refractivity contribution in [2.45, 2.75) is 18.6 Å². The maximum atomic E-state index is 12.5. The number of nitrogens with zero attached hydrogens (tertiary/aromatic N) is 4. The molecule has 0 aliphatic carbocycles. The molecular formula is C21H18ClN5O2S. The maximum absolute atomic E-state index is 12.5. The summed E-state index contributed by atoms with van der Waals surface area (Å²) in [5.41, 5.74) is 2.48. The fraction of sp³-hybridized carbons (Fsp3) is 0.143. The molecule has 0 fully saturated rings. The summed E-state index contributed by atoms with van der Waals surface area (Å²) in [6.45, 7) is 2.35. The Morgan fingerprint density at radius 3 is 2.87 bits per heavy atom. The molecule has 0 bridgehead atoms. The van der Waals surface area contributed by atoms with E-state index in [1.165, 1.54) is 11.8 Å². The summed E-state index contributed by atoms with van der Waals surface area (Å²) in [5, 5.41) is 12.8. The van der Waals surface area contributed by atoms with Crippen molar-refractivity contribution in [3.8, 4) is 11.4 Å². The SMILES string of the molecule is Cc1cc(Cl)ccc1NC(=O)CSc1nnc(-c2cccnc2)n1Cc1ccco1. The van der Waals surface area contributed by atoms with Gasteiger partial charge in [-0.3, -0.25) is 14.3 Å². The molecular weight excluding hydrogens is 422 g/mol. The maximum Gasteiger partial charge on any atom is 0.234 e. The molecule has 4 aromatic rings. The van der Waals surface area contributed by atoms with Gasteiger partial charge >= 0.3 is 0 Å². The number of carbonyl (C=O) groups is 1. The minimum Gasteiger partial charge on any atom is -0.467 e. The van der Waals surface area contributed by atoms with Crippen LogP contribution in [0.4, 0.5) is 5.69 Å². The Morgan fingerprint density at radius 1 is 1.23 bits per heavy atom. The van der Waals surface area contributed by atoms with Crippen LogP contribution >= 0.6 is 23.4 Å². The van der Waals surface area contributed by atoms with Crippen molar-refractivity contribution in [3.05, 3.63) is 77.5 Å². The van der Waals surface area contributed by atoms with Crippen molar-refractivity contribution in [3.63, 3.8) is 0 Å². The number of rotatable bonds is 7. The zero-order valence-electron chi connectivity index (χ0n) is 16.1. The van der Waals surface area contributed by atoms with Gasteiger partial charge in [-0.25, -0.2) is 0 Å². The second-order valence-electron chi connectivity index (χ2n) is 6.51. The largest absolute Gasteiger partial charge is 0.467 e. The van der Waals surface area contributed by atoms with Crippen LogP contribution in [-0.4, -0.2) is 31.4 Å². The number of carbonyl (C=O) groups excluding carboxylic acids is 1. The van der Waals surface area contributed by atoms with E-state index in [0.29, 0.717) is 22.5 Å². The summed E-state index contributed by atoms with van der Waals surface area (Å²) in [6.07, 6.45) is 5.06. The number of halogens is 1. The number of benzene rings is 1. The first-order valence-corrected chi connectivity index (χ1v) is 10.5. The van der Waals surface area contributed by atoms with E-state index in [9.17, 15) is 4.79 Å². The Hall–Kier alpha value is -3.10. The third kappa shape index (κ3) is 4.72. The molecule has 7 nitrogen and oxygen atoms in total. The topological polar surface area (TPSA) is 85.8 Å². The number of pyridine rings is 1. The van der Waals surface area contributed by atoms with E-state index < -0.39 is 0 Å². The molecule has 0 spiro atoms. The molecule has 0 radical (unpaired) electrons. The molecule has 0 unspecified atom stereocenters. The molecule has 1 N–H and O–H groups in total. The number of furan rings is 1. The van der Waals surface area contributed by atoms with Crippen LogP contribution < -0.4 is 5.32 Å². The Balaban J connectivity index is 1.52. The average molecular weight is 440 g/mol. The smallest absolute Gasteiger partial charge is 0.234 e. The van der Waals surface area contributed by atoms with Crippen LogP contribution in [0.25, 0.3) is 11.4 Å². The molecule has 30 heavy (non-hydrogen) atoms. The number of aromatic nitrogens is 4. The molecule has 3 aromatic heterocycles. The van der Waals surface area contributed by atoms with Gasteiger partial charge < -0.3 is 9.73 Å². The first kappa shape index (κ1) is 20.2. The Morgan fingerprint density at radius 2 is 2.13 bits per heavy atom. The van der Waals surface area contributed by atoms with E-state index in [0.717, 1.165) is 22.6 Å². The van der Waals surface area contributed by atoms with Gasteiger partial charge in [0.2, 0.25) is 5.91 Å². The number of amides is 1. The monoisotopic (exact) mass is 439 g/mol. The van der Waals surface area contributed by atoms with Gasteiger partial charge in [-0.05, 0) is 55.0 Å². The predicted octanol–water partition coefficient (Wildman–Crippen LogP) is 4.67. The molecule has 4 rings (SSSR count). The molecule has 9 heteroatoms. The first-order valence-electron chi connectivity index (χ1n) is 9.15. The molecule has 0 aliphatic rings. The lowest BCUT2D eigenvalue weighted by molar-refractivity contribution is -0.113. The number of hydrogen-bond donors (Lipinski definition) is 1. The Labute approximate surface area is 182 Å². The van der Waals surface area contributed by atoms with Crippen LogP contribution in [-0.2, 0) is 11.3 Å². The number of nitrogens with one attached hydrogen (secondary N) is 1. The fourth-order valence-corrected chi connectivity index (χ4v) is 3.85. The van der Waals surface area contributed by atoms with Gasteiger partial charge in [-0.1, -0.05) is 23.4 Å². The van der Waals surface area contributed by atoms with Gasteiger partial charge in [0.25, 0.3) is 0 Å². The van der Waals surface area contributed by atoms with Crippen molar-refractivity contribution in [1.82, 2.24) is 19.7 Å². The molecule has 1 aromatic carbocycles. The second-order valence-corrected chi connectivity index (χ2v) is 7.89. The van der Waals surface area contributed by atoms with Crippen molar-refractivity contribution in [2.24, 2.45) is 0 Å². The Kier molecular flexibility index (Phi) is 6.15. The summed E-state index contributed by atoms with van der Waals surface area (Å²) in [6, 6.07) is 12.8. The number of hydrogen-bond acceptors (Lipinski definition) is 6. The van der Waals surface area contributed by atoms with Crippen molar-refractivity contribution >= 4 is 35.0 Å². The fourth-order valence-electron chi connectivity index (χ4n) is 2.89. The number of thioether (sulfide) groups is 1. The van der Waals surface area contributed by atoms with Crippen LogP contribution in [0.5, 0.6) is 0 Å². The number of anilines is 1. The van der Waals surface area contributed by atoms with E-state index in [-0.39, 0.29) is 11.7 Å². The van der Waals surface area contributed by atoms with Crippen LogP contribution in [0.2, 0.25) is 5.02 Å². The summed E-state index contributed by atoms with van der Waals surface area (Å²) < 4.78 is 7.41. The Bertz CT molecular complexity index is 1150. The van der Waals surface area contributed by atoms with Crippen LogP contribution in [0.15, 0.2) is 70.7 Å². The van der Waals surface area contributed by atoms with Crippen molar-refractivity contribution in [1.29, 1.82) is 0 Å². The summed E-state index contributed by atoms with van der Waals surface area (Å²) in [5.74, 6) is 1.48. The predicted molar refractivity (Wildman–Crippen MR) is 117 cm³/mol. The van der Waals surface area contributed by atoms with E-state index in [1.54, 1.807) is 30.8 Å². The lowest BCUT2D eigenvalue weighted by atomic mass is 10.2. The van der Waals surface area contributed by atoms with Crippen LogP contribution in [0.3, 0.4) is 0 Å². The first-order chi connectivity index (χ1) is 14.6. The highest BCUT2D eigenvalue weighted by molar-refractivity contribution is 7.99. The minimum atomic E-state index is -0.138. The van der Waals surface area contributed by atoms with E-state index >= 15 is 0 Å². The summed E-state index contributed by atoms with van der Waals surface area (Å²) in [4.78, 5) is 16.6. The van der Waals surface area contributed by atoms with E-state index in [2.05, 4.69) is 20.5 Å². The number of aryl methyl sites for hydroxylation is 1. The molecule has 0 atom stereocenters. The molecule has 152 valence electrons. The molecule has 0 saturated heterocycles. The van der Waals surface area contributed by atoms with Gasteiger partial charge in [-0.15, -0.1) is 10.2 Å². The van der Waals surface area contributed by atoms with Crippen LogP contribution in [0, 0.1) is 6.92 Å². The van der Waals surface area contributed by atoms with Crippen LogP contribution in [0.1, 0.15) is 11.3 Å². The minimum absolute atomic E-state index is 0.138. The summed E-state index contributed by atoms with van der Waals surface area (Å²) in [7, 11) is 0. The molecule has 3 heterocycles. The standard InChI is InChI=1S/C21H18ClN5O2S/c1-14-10-16(22)6-7-18(14)24-19(28)13-30-21-26-25-20(15-4-2-8-23-11-15)27(21)12-17-5-3-9-29-17/h2-11H,12-13H2,1H3,(H,24,28). The molecule has 1 amide bonds. The highest BCUT2D eigenvalue weighted by Gasteiger charge is 2.17. The average Bonchev–Trinajstić information content (AvgIpc) is 3.40. The van der Waals surface area contributed by atoms with Gasteiger partial charge in [0, 0.05) is 28.7 Å². The second kappa shape index (κ2) is 9.15. The molecule has 0 aliphatic heterocycles. The van der Waals surface area contributed by atoms with Gasteiger partial charge in [-0.2, -0.15) is 0 Å². The lowest BCUT2D eigenvalue weighted by Gasteiger charge is -2.10. The zero-order valence-corrected chi connectivity index (χ0v) is 17.7. The molecule has 0 saturated carbocycles. The zero-order chi connectivity index (χ0) is 20.9. The van der Waals surface area contributed by atoms with Crippen molar-refractivity contribution < 1.29 is 9.21 Å². The van der Waals surface area contributed by atoms with Gasteiger partial charge in [0.15, 0.2) is 11.0 Å². The highest BCUT2D eigenvalue weighted by atomic mass is 35.5. The lowest BCUT2D eigenvalue weighted by Crippen LogP contribution is -2.15. The van der Waals surface area contributed by atoms with Gasteiger partial charge in [0.05, 0.1) is 18.6 Å². The van der Waals surface area contributed by atoms with E-state index in [1.807, 2.05) is 41.8 Å². The third-order valence-corrected chi connectivity index (χ3v) is 5.53. The van der Waals surface area contributed by atoms with Gasteiger partial charge in [0.1, 0.15) is 5.76 Å². The highest BCUT2D eigenvalue weighted by Crippen LogP contribution is 2.25. The summed E-state index contributed by atoms with van der Waals surface area (Å²) >= 11 is 7.29. The van der Waals surface area contributed by atoms with E-state index in [4.69, 9.17) is 16.0 Å².